The summed E-state index contributed by atoms with van der Waals surface area (Å²) in [5, 5.41) is 6.97. The first kappa shape index (κ1) is 17.1. The third-order valence-corrected chi connectivity index (χ3v) is 4.05. The van der Waals surface area contributed by atoms with Crippen molar-refractivity contribution in [3.8, 4) is 5.69 Å². The van der Waals surface area contributed by atoms with E-state index in [2.05, 4.69) is 10.4 Å². The number of aryl methyl sites for hydroxylation is 1. The van der Waals surface area contributed by atoms with Crippen LogP contribution in [0.1, 0.15) is 21.6 Å². The number of carbonyl (C=O) groups excluding carboxylic acids is 1. The molecule has 0 aliphatic heterocycles. The maximum atomic E-state index is 13.6. The molecule has 0 fully saturated rings. The van der Waals surface area contributed by atoms with Crippen molar-refractivity contribution in [1.29, 1.82) is 0 Å². The lowest BCUT2D eigenvalue weighted by molar-refractivity contribution is 0.0950. The molecule has 3 rings (SSSR count). The quantitative estimate of drug-likeness (QED) is 0.762. The molecule has 0 aliphatic carbocycles. The Labute approximate surface area is 148 Å². The first-order valence-corrected chi connectivity index (χ1v) is 7.88. The van der Waals surface area contributed by atoms with Gasteiger partial charge in [0, 0.05) is 12.1 Å². The van der Waals surface area contributed by atoms with Gasteiger partial charge in [-0.15, -0.1) is 0 Å². The Balaban J connectivity index is 1.84. The lowest BCUT2D eigenvalue weighted by Crippen LogP contribution is -2.24. The molecule has 1 aromatic heterocycles. The Morgan fingerprint density at radius 1 is 1.16 bits per heavy atom. The zero-order valence-electron chi connectivity index (χ0n) is 13.3. The van der Waals surface area contributed by atoms with Crippen molar-refractivity contribution in [2.45, 2.75) is 13.5 Å². The van der Waals surface area contributed by atoms with E-state index >= 15 is 0 Å². The molecule has 0 saturated heterocycles. The molecule has 0 bridgehead atoms. The Bertz CT molecular complexity index is 923. The Hall–Kier alpha value is -2.73. The number of amides is 1. The summed E-state index contributed by atoms with van der Waals surface area (Å²) in [4.78, 5) is 12.4. The molecule has 7 heteroatoms. The van der Waals surface area contributed by atoms with Crippen LogP contribution >= 0.6 is 11.6 Å². The SMILES string of the molecule is Cc1nn(-c2ccc(F)cc2)c(Cl)c1C(=O)NCc1ccccc1F. The predicted molar refractivity (Wildman–Crippen MR) is 90.8 cm³/mol. The third-order valence-electron chi connectivity index (χ3n) is 3.70. The van der Waals surface area contributed by atoms with Crippen molar-refractivity contribution in [2.75, 3.05) is 0 Å². The van der Waals surface area contributed by atoms with Crippen LogP contribution < -0.4 is 5.32 Å². The number of halogens is 3. The smallest absolute Gasteiger partial charge is 0.256 e. The van der Waals surface area contributed by atoms with Gasteiger partial charge >= 0.3 is 0 Å². The maximum absolute atomic E-state index is 13.6. The number of nitrogens with zero attached hydrogens (tertiary/aromatic N) is 2. The van der Waals surface area contributed by atoms with Crippen LogP contribution in [0, 0.1) is 18.6 Å². The van der Waals surface area contributed by atoms with Crippen molar-refractivity contribution in [3.63, 3.8) is 0 Å². The van der Waals surface area contributed by atoms with Crippen molar-refractivity contribution in [1.82, 2.24) is 15.1 Å². The fraction of sp³-hybridized carbons (Fsp3) is 0.111. The molecule has 0 unspecified atom stereocenters. The Morgan fingerprint density at radius 2 is 1.84 bits per heavy atom. The molecule has 0 radical (unpaired) electrons. The fourth-order valence-corrected chi connectivity index (χ4v) is 2.77. The lowest BCUT2D eigenvalue weighted by atomic mass is 10.2. The molecule has 0 saturated carbocycles. The van der Waals surface area contributed by atoms with E-state index in [0.29, 0.717) is 16.9 Å². The summed E-state index contributed by atoms with van der Waals surface area (Å²) in [6.45, 7) is 1.67. The van der Waals surface area contributed by atoms with Gasteiger partial charge in [0.1, 0.15) is 16.8 Å². The molecule has 1 heterocycles. The van der Waals surface area contributed by atoms with Gasteiger partial charge in [-0.2, -0.15) is 5.10 Å². The zero-order valence-corrected chi connectivity index (χ0v) is 14.0. The maximum Gasteiger partial charge on any atom is 0.256 e. The lowest BCUT2D eigenvalue weighted by Gasteiger charge is -2.06. The van der Waals surface area contributed by atoms with Gasteiger partial charge in [0.05, 0.1) is 16.9 Å². The van der Waals surface area contributed by atoms with Crippen LogP contribution in [-0.2, 0) is 6.54 Å². The van der Waals surface area contributed by atoms with Crippen LogP contribution in [0.4, 0.5) is 8.78 Å². The van der Waals surface area contributed by atoms with Crippen molar-refractivity contribution >= 4 is 17.5 Å². The van der Waals surface area contributed by atoms with Gasteiger partial charge in [-0.1, -0.05) is 29.8 Å². The number of rotatable bonds is 4. The first-order valence-electron chi connectivity index (χ1n) is 7.50. The van der Waals surface area contributed by atoms with E-state index in [1.807, 2.05) is 0 Å². The summed E-state index contributed by atoms with van der Waals surface area (Å²) >= 11 is 6.28. The van der Waals surface area contributed by atoms with E-state index in [4.69, 9.17) is 11.6 Å². The van der Waals surface area contributed by atoms with Crippen LogP contribution in [0.3, 0.4) is 0 Å². The van der Waals surface area contributed by atoms with Crippen molar-refractivity contribution in [2.24, 2.45) is 0 Å². The minimum Gasteiger partial charge on any atom is -0.348 e. The average Bonchev–Trinajstić information content (AvgIpc) is 2.89. The van der Waals surface area contributed by atoms with Crippen molar-refractivity contribution < 1.29 is 13.6 Å². The standard InChI is InChI=1S/C18H14ClF2N3O/c1-11-16(18(25)22-10-12-4-2-3-5-15(12)21)17(19)24(23-11)14-8-6-13(20)7-9-14/h2-9H,10H2,1H3,(H,22,25). The summed E-state index contributed by atoms with van der Waals surface area (Å²) in [5.74, 6) is -1.24. The second-order valence-corrected chi connectivity index (χ2v) is 5.77. The highest BCUT2D eigenvalue weighted by atomic mass is 35.5. The number of hydrogen-bond donors (Lipinski definition) is 1. The number of carbonyl (C=O) groups is 1. The highest BCUT2D eigenvalue weighted by Crippen LogP contribution is 2.23. The molecule has 0 atom stereocenters. The van der Waals surface area contributed by atoms with E-state index in [1.165, 1.54) is 35.0 Å². The molecule has 2 aromatic carbocycles. The van der Waals surface area contributed by atoms with Crippen LogP contribution in [0.2, 0.25) is 5.15 Å². The molecule has 128 valence electrons. The van der Waals surface area contributed by atoms with E-state index in [9.17, 15) is 13.6 Å². The molecule has 3 aromatic rings. The van der Waals surface area contributed by atoms with Gasteiger partial charge in [-0.3, -0.25) is 4.79 Å². The highest BCUT2D eigenvalue weighted by Gasteiger charge is 2.21. The molecule has 4 nitrogen and oxygen atoms in total. The number of aromatic nitrogens is 2. The first-order chi connectivity index (χ1) is 12.0. The largest absolute Gasteiger partial charge is 0.348 e. The van der Waals surface area contributed by atoms with Crippen LogP contribution in [0.5, 0.6) is 0 Å². The van der Waals surface area contributed by atoms with Gasteiger partial charge in [0.2, 0.25) is 0 Å². The van der Waals surface area contributed by atoms with Gasteiger partial charge in [0.15, 0.2) is 0 Å². The minimum atomic E-state index is -0.459. The summed E-state index contributed by atoms with van der Waals surface area (Å²) < 4.78 is 28.0. The molecule has 1 N–H and O–H groups in total. The minimum absolute atomic E-state index is 0.0308. The number of nitrogens with one attached hydrogen (secondary N) is 1. The molecular weight excluding hydrogens is 348 g/mol. The third kappa shape index (κ3) is 3.53. The summed E-state index contributed by atoms with van der Waals surface area (Å²) in [5.41, 5.74) is 1.51. The summed E-state index contributed by atoms with van der Waals surface area (Å²) in [6.07, 6.45) is 0. The number of benzene rings is 2. The Kier molecular flexibility index (Phi) is 4.81. The van der Waals surface area contributed by atoms with Crippen LogP contribution in [-0.4, -0.2) is 15.7 Å². The molecule has 1 amide bonds. The van der Waals surface area contributed by atoms with E-state index in [-0.39, 0.29) is 23.1 Å². The molecule has 0 aliphatic rings. The van der Waals surface area contributed by atoms with Gasteiger partial charge in [0.25, 0.3) is 5.91 Å². The van der Waals surface area contributed by atoms with Crippen LogP contribution in [0.25, 0.3) is 5.69 Å². The molecule has 25 heavy (non-hydrogen) atoms. The number of hydrogen-bond acceptors (Lipinski definition) is 2. The van der Waals surface area contributed by atoms with E-state index < -0.39 is 11.7 Å². The van der Waals surface area contributed by atoms with Gasteiger partial charge in [-0.05, 0) is 37.3 Å². The monoisotopic (exact) mass is 361 g/mol. The molecular formula is C18H14ClF2N3O. The predicted octanol–water partition coefficient (Wildman–Crippen LogP) is 4.04. The zero-order chi connectivity index (χ0) is 18.0. The second kappa shape index (κ2) is 7.03. The highest BCUT2D eigenvalue weighted by molar-refractivity contribution is 6.33. The normalized spacial score (nSPS) is 10.7. The Morgan fingerprint density at radius 3 is 2.52 bits per heavy atom. The fourth-order valence-electron chi connectivity index (χ4n) is 2.42. The average molecular weight is 362 g/mol. The van der Waals surface area contributed by atoms with Crippen molar-refractivity contribution in [3.05, 3.63) is 82.1 Å². The van der Waals surface area contributed by atoms with Gasteiger partial charge < -0.3 is 5.32 Å². The van der Waals surface area contributed by atoms with Crippen LogP contribution in [0.15, 0.2) is 48.5 Å². The topological polar surface area (TPSA) is 46.9 Å². The summed E-state index contributed by atoms with van der Waals surface area (Å²) in [6, 6.07) is 11.8. The van der Waals surface area contributed by atoms with E-state index in [1.54, 1.807) is 25.1 Å². The summed E-state index contributed by atoms with van der Waals surface area (Å²) in [7, 11) is 0. The molecule has 0 spiro atoms. The van der Waals surface area contributed by atoms with Gasteiger partial charge in [-0.25, -0.2) is 13.5 Å². The second-order valence-electron chi connectivity index (χ2n) is 5.41. The van der Waals surface area contributed by atoms with E-state index in [0.717, 1.165) is 0 Å².